The zero-order valence-corrected chi connectivity index (χ0v) is 12.0. The van der Waals surface area contributed by atoms with E-state index in [4.69, 9.17) is 0 Å². The lowest BCUT2D eigenvalue weighted by Gasteiger charge is -2.11. The van der Waals surface area contributed by atoms with Crippen molar-refractivity contribution in [3.05, 3.63) is 36.0 Å². The van der Waals surface area contributed by atoms with Gasteiger partial charge in [-0.05, 0) is 25.3 Å². The number of hydrogen-bond acceptors (Lipinski definition) is 3. The van der Waals surface area contributed by atoms with Crippen LogP contribution in [0.5, 0.6) is 0 Å². The van der Waals surface area contributed by atoms with Gasteiger partial charge in [0.1, 0.15) is 0 Å². The molecule has 0 saturated carbocycles. The molecule has 19 heavy (non-hydrogen) atoms. The van der Waals surface area contributed by atoms with E-state index in [2.05, 4.69) is 0 Å². The molecule has 0 fully saturated rings. The number of sulfone groups is 1. The van der Waals surface area contributed by atoms with Crippen molar-refractivity contribution >= 4 is 20.7 Å². The van der Waals surface area contributed by atoms with Gasteiger partial charge in [0.25, 0.3) is 0 Å². The number of hydrogen-bond donors (Lipinski definition) is 1. The first-order valence-corrected chi connectivity index (χ1v) is 8.06. The third kappa shape index (κ3) is 2.82. The van der Waals surface area contributed by atoms with Crippen LogP contribution in [0.3, 0.4) is 0 Å². The van der Waals surface area contributed by atoms with Gasteiger partial charge in [-0.15, -0.1) is 0 Å². The predicted octanol–water partition coefficient (Wildman–Crippen LogP) is 1.96. The minimum Gasteiger partial charge on any atom is -0.392 e. The van der Waals surface area contributed by atoms with Crippen LogP contribution in [0.15, 0.2) is 30.5 Å². The molecule has 0 aliphatic heterocycles. The van der Waals surface area contributed by atoms with Gasteiger partial charge in [-0.3, -0.25) is 0 Å². The number of fused-ring (bicyclic) bond motifs is 1. The number of rotatable bonds is 5. The molecular weight excluding hydrogens is 262 g/mol. The average molecular weight is 281 g/mol. The molecule has 5 heteroatoms. The fourth-order valence-electron chi connectivity index (χ4n) is 2.12. The minimum atomic E-state index is -3.05. The third-order valence-corrected chi connectivity index (χ3v) is 5.57. The highest BCUT2D eigenvalue weighted by molar-refractivity contribution is 7.91. The summed E-state index contributed by atoms with van der Waals surface area (Å²) in [5, 5.41) is 10.0. The van der Waals surface area contributed by atoms with E-state index < -0.39 is 9.84 Å². The quantitative estimate of drug-likeness (QED) is 0.911. The van der Waals surface area contributed by atoms with Crippen LogP contribution in [0.25, 0.3) is 10.9 Å². The second kappa shape index (κ2) is 5.35. The fourth-order valence-corrected chi connectivity index (χ4v) is 3.04. The van der Waals surface area contributed by atoms with E-state index in [1.807, 2.05) is 35.0 Å². The number of para-hydroxylation sites is 1. The first-order chi connectivity index (χ1) is 8.95. The van der Waals surface area contributed by atoms with E-state index in [9.17, 15) is 13.5 Å². The molecule has 0 amide bonds. The van der Waals surface area contributed by atoms with Crippen LogP contribution in [0.2, 0.25) is 0 Å². The third-order valence-electron chi connectivity index (χ3n) is 3.38. The first kappa shape index (κ1) is 14.1. The summed E-state index contributed by atoms with van der Waals surface area (Å²) in [5.41, 5.74) is 1.74. The summed E-state index contributed by atoms with van der Waals surface area (Å²) < 4.78 is 25.6. The summed E-state index contributed by atoms with van der Waals surface area (Å²) in [6.45, 7) is 3.77. The maximum atomic E-state index is 11.9. The van der Waals surface area contributed by atoms with Crippen molar-refractivity contribution in [1.29, 1.82) is 0 Å². The van der Waals surface area contributed by atoms with E-state index in [0.717, 1.165) is 16.5 Å². The van der Waals surface area contributed by atoms with Crippen molar-refractivity contribution in [2.75, 3.05) is 5.75 Å². The van der Waals surface area contributed by atoms with Crippen LogP contribution >= 0.6 is 0 Å². The Morgan fingerprint density at radius 3 is 2.63 bits per heavy atom. The Morgan fingerprint density at radius 1 is 1.26 bits per heavy atom. The Hall–Kier alpha value is -1.33. The van der Waals surface area contributed by atoms with Gasteiger partial charge in [0.05, 0.1) is 23.1 Å². The Morgan fingerprint density at radius 2 is 2.00 bits per heavy atom. The Bertz CT molecular complexity index is 671. The SMILES string of the molecule is CC(C)S(=O)(=O)CCn1ccc2cccc(CO)c21. The predicted molar refractivity (Wildman–Crippen MR) is 76.8 cm³/mol. The van der Waals surface area contributed by atoms with Gasteiger partial charge in [-0.25, -0.2) is 8.42 Å². The molecule has 1 heterocycles. The summed E-state index contributed by atoms with van der Waals surface area (Å²) in [6.07, 6.45) is 1.87. The van der Waals surface area contributed by atoms with E-state index in [1.165, 1.54) is 0 Å². The number of aromatic nitrogens is 1. The summed E-state index contributed by atoms with van der Waals surface area (Å²) in [5.74, 6) is 0.119. The van der Waals surface area contributed by atoms with Gasteiger partial charge < -0.3 is 9.67 Å². The van der Waals surface area contributed by atoms with E-state index in [1.54, 1.807) is 13.8 Å². The smallest absolute Gasteiger partial charge is 0.154 e. The highest BCUT2D eigenvalue weighted by Crippen LogP contribution is 2.20. The lowest BCUT2D eigenvalue weighted by molar-refractivity contribution is 0.283. The van der Waals surface area contributed by atoms with Gasteiger partial charge in [0.15, 0.2) is 9.84 Å². The number of benzene rings is 1. The Labute approximate surface area is 113 Å². The average Bonchev–Trinajstić information content (AvgIpc) is 2.79. The molecule has 1 N–H and O–H groups in total. The first-order valence-electron chi connectivity index (χ1n) is 6.35. The molecule has 104 valence electrons. The van der Waals surface area contributed by atoms with Crippen molar-refractivity contribution in [3.8, 4) is 0 Å². The van der Waals surface area contributed by atoms with E-state index in [-0.39, 0.29) is 17.6 Å². The largest absolute Gasteiger partial charge is 0.392 e. The topological polar surface area (TPSA) is 59.3 Å². The molecule has 0 aliphatic rings. The van der Waals surface area contributed by atoms with Gasteiger partial charge >= 0.3 is 0 Å². The molecule has 2 aromatic rings. The van der Waals surface area contributed by atoms with Crippen molar-refractivity contribution < 1.29 is 13.5 Å². The van der Waals surface area contributed by atoms with Crippen molar-refractivity contribution in [3.63, 3.8) is 0 Å². The van der Waals surface area contributed by atoms with Crippen LogP contribution in [-0.2, 0) is 23.0 Å². The molecule has 0 saturated heterocycles. The molecular formula is C14H19NO3S. The van der Waals surface area contributed by atoms with Gasteiger partial charge in [-0.2, -0.15) is 0 Å². The highest BCUT2D eigenvalue weighted by atomic mass is 32.2. The van der Waals surface area contributed by atoms with Crippen molar-refractivity contribution in [2.45, 2.75) is 32.2 Å². The summed E-state index contributed by atoms with van der Waals surface area (Å²) in [4.78, 5) is 0. The second-order valence-electron chi connectivity index (χ2n) is 4.94. The Kier molecular flexibility index (Phi) is 3.96. The molecule has 0 aliphatic carbocycles. The van der Waals surface area contributed by atoms with Crippen LogP contribution in [0, 0.1) is 0 Å². The maximum absolute atomic E-state index is 11.9. The maximum Gasteiger partial charge on any atom is 0.154 e. The monoisotopic (exact) mass is 281 g/mol. The zero-order valence-electron chi connectivity index (χ0n) is 11.2. The molecule has 0 radical (unpaired) electrons. The lowest BCUT2D eigenvalue weighted by atomic mass is 10.1. The van der Waals surface area contributed by atoms with Gasteiger partial charge in [0, 0.05) is 18.3 Å². The summed E-state index contributed by atoms with van der Waals surface area (Å²) in [7, 11) is -3.05. The van der Waals surface area contributed by atoms with Crippen molar-refractivity contribution in [1.82, 2.24) is 4.57 Å². The van der Waals surface area contributed by atoms with Crippen molar-refractivity contribution in [2.24, 2.45) is 0 Å². The number of aryl methyl sites for hydroxylation is 1. The molecule has 1 aromatic carbocycles. The zero-order chi connectivity index (χ0) is 14.0. The van der Waals surface area contributed by atoms with Crippen LogP contribution in [0.1, 0.15) is 19.4 Å². The molecule has 4 nitrogen and oxygen atoms in total. The summed E-state index contributed by atoms with van der Waals surface area (Å²) in [6, 6.07) is 7.65. The van der Waals surface area contributed by atoms with E-state index in [0.29, 0.717) is 6.54 Å². The van der Waals surface area contributed by atoms with Crippen LogP contribution in [-0.4, -0.2) is 29.1 Å². The van der Waals surface area contributed by atoms with Gasteiger partial charge in [0.2, 0.25) is 0 Å². The van der Waals surface area contributed by atoms with Crippen LogP contribution < -0.4 is 0 Å². The number of nitrogens with zero attached hydrogens (tertiary/aromatic N) is 1. The van der Waals surface area contributed by atoms with E-state index >= 15 is 0 Å². The lowest BCUT2D eigenvalue weighted by Crippen LogP contribution is -2.21. The summed E-state index contributed by atoms with van der Waals surface area (Å²) >= 11 is 0. The highest BCUT2D eigenvalue weighted by Gasteiger charge is 2.16. The fraction of sp³-hybridized carbons (Fsp3) is 0.429. The molecule has 1 aromatic heterocycles. The molecule has 2 rings (SSSR count). The number of aliphatic hydroxyl groups is 1. The molecule has 0 bridgehead atoms. The second-order valence-corrected chi connectivity index (χ2v) is 7.61. The number of aliphatic hydroxyl groups excluding tert-OH is 1. The van der Waals surface area contributed by atoms with Crippen LogP contribution in [0.4, 0.5) is 0 Å². The van der Waals surface area contributed by atoms with Gasteiger partial charge in [-0.1, -0.05) is 18.2 Å². The Balaban J connectivity index is 2.32. The minimum absolute atomic E-state index is 0.0434. The normalized spacial score (nSPS) is 12.4. The molecule has 0 atom stereocenters. The standard InChI is InChI=1S/C14H19NO3S/c1-11(2)19(17,18)9-8-15-7-6-12-4-3-5-13(10-16)14(12)15/h3-7,11,16H,8-10H2,1-2H3. The molecule has 0 unspecified atom stereocenters. The molecule has 0 spiro atoms.